The predicted molar refractivity (Wildman–Crippen MR) is 111 cm³/mol. The maximum atomic E-state index is 13.2. The van der Waals surface area contributed by atoms with E-state index in [9.17, 15) is 4.79 Å². The first-order chi connectivity index (χ1) is 13.5. The van der Waals surface area contributed by atoms with E-state index in [4.69, 9.17) is 4.42 Å². The van der Waals surface area contributed by atoms with Crippen LogP contribution in [-0.4, -0.2) is 20.7 Å². The molecule has 0 aliphatic carbocycles. The van der Waals surface area contributed by atoms with Crippen molar-refractivity contribution in [1.82, 2.24) is 20.1 Å². The number of rotatable bonds is 4. The highest BCUT2D eigenvalue weighted by molar-refractivity contribution is 9.10. The first-order valence-corrected chi connectivity index (χ1v) is 9.68. The Hall–Kier alpha value is -2.93. The average molecular weight is 439 g/mol. The van der Waals surface area contributed by atoms with Gasteiger partial charge in [0, 0.05) is 11.5 Å². The van der Waals surface area contributed by atoms with Gasteiger partial charge in [0.1, 0.15) is 5.69 Å². The quantitative estimate of drug-likeness (QED) is 0.496. The Morgan fingerprint density at radius 3 is 2.75 bits per heavy atom. The number of hydrogen-bond donors (Lipinski definition) is 1. The molecule has 0 aliphatic rings. The Morgan fingerprint density at radius 1 is 1.25 bits per heavy atom. The molecule has 0 bridgehead atoms. The molecule has 4 aromatic rings. The smallest absolute Gasteiger partial charge is 0.252 e. The summed E-state index contributed by atoms with van der Waals surface area (Å²) in [4.78, 5) is 17.9. The Kier molecular flexibility index (Phi) is 4.77. The van der Waals surface area contributed by atoms with Crippen LogP contribution in [0.1, 0.15) is 34.6 Å². The molecular formula is C21H19BrN4O2. The minimum absolute atomic E-state index is 0.171. The molecule has 3 aromatic heterocycles. The summed E-state index contributed by atoms with van der Waals surface area (Å²) in [6, 6.07) is 13.1. The zero-order valence-electron chi connectivity index (χ0n) is 15.7. The van der Waals surface area contributed by atoms with Crippen LogP contribution >= 0.6 is 15.9 Å². The van der Waals surface area contributed by atoms with E-state index < -0.39 is 0 Å². The number of hydrogen-bond acceptors (Lipinski definition) is 4. The number of benzene rings is 1. The molecule has 1 amide bonds. The zero-order chi connectivity index (χ0) is 19.8. The van der Waals surface area contributed by atoms with E-state index in [-0.39, 0.29) is 11.9 Å². The highest BCUT2D eigenvalue weighted by atomic mass is 79.9. The third kappa shape index (κ3) is 3.22. The summed E-state index contributed by atoms with van der Waals surface area (Å²) in [7, 11) is 1.82. The molecular weight excluding hydrogens is 420 g/mol. The van der Waals surface area contributed by atoms with E-state index in [0.29, 0.717) is 22.7 Å². The summed E-state index contributed by atoms with van der Waals surface area (Å²) < 4.78 is 8.13. The average Bonchev–Trinajstić information content (AvgIpc) is 3.30. The highest BCUT2D eigenvalue weighted by Crippen LogP contribution is 2.28. The second-order valence-electron chi connectivity index (χ2n) is 6.66. The molecule has 4 rings (SSSR count). The maximum absolute atomic E-state index is 13.2. The van der Waals surface area contributed by atoms with Gasteiger partial charge in [-0.15, -0.1) is 0 Å². The molecule has 7 heteroatoms. The number of aryl methyl sites for hydroxylation is 2. The molecule has 142 valence electrons. The van der Waals surface area contributed by atoms with Crippen LogP contribution in [0.15, 0.2) is 57.6 Å². The van der Waals surface area contributed by atoms with E-state index in [1.807, 2.05) is 51.2 Å². The molecule has 0 fully saturated rings. The van der Waals surface area contributed by atoms with Gasteiger partial charge < -0.3 is 9.73 Å². The maximum Gasteiger partial charge on any atom is 0.252 e. The monoisotopic (exact) mass is 438 g/mol. The predicted octanol–water partition coefficient (Wildman–Crippen LogP) is 4.79. The molecule has 1 aromatic carbocycles. The van der Waals surface area contributed by atoms with Crippen molar-refractivity contribution in [3.63, 3.8) is 0 Å². The standard InChI is InChI=1S/C21H19BrN4O2/c1-12(14-7-4-5-8-16(14)22)23-21(27)15-11-17(18-9-6-10-28-18)24-20-19(15)13(2)25-26(20)3/h4-12H,1-3H3,(H,23,27). The van der Waals surface area contributed by atoms with E-state index in [1.54, 1.807) is 23.1 Å². The molecule has 1 unspecified atom stereocenters. The van der Waals surface area contributed by atoms with Crippen LogP contribution in [0.3, 0.4) is 0 Å². The number of carbonyl (C=O) groups is 1. The molecule has 0 radical (unpaired) electrons. The number of furan rings is 1. The highest BCUT2D eigenvalue weighted by Gasteiger charge is 2.21. The van der Waals surface area contributed by atoms with Gasteiger partial charge in [0.05, 0.1) is 28.9 Å². The second-order valence-corrected chi connectivity index (χ2v) is 7.51. The fourth-order valence-corrected chi connectivity index (χ4v) is 3.98. The van der Waals surface area contributed by atoms with Gasteiger partial charge in [0.25, 0.3) is 5.91 Å². The topological polar surface area (TPSA) is 73.0 Å². The molecule has 0 aliphatic heterocycles. The molecule has 0 saturated carbocycles. The van der Waals surface area contributed by atoms with Crippen LogP contribution in [-0.2, 0) is 7.05 Å². The number of nitrogens with zero attached hydrogens (tertiary/aromatic N) is 3. The van der Waals surface area contributed by atoms with Gasteiger partial charge in [0.2, 0.25) is 0 Å². The summed E-state index contributed by atoms with van der Waals surface area (Å²) in [6.45, 7) is 3.84. The van der Waals surface area contributed by atoms with Gasteiger partial charge in [-0.3, -0.25) is 9.48 Å². The van der Waals surface area contributed by atoms with Crippen molar-refractivity contribution in [2.45, 2.75) is 19.9 Å². The normalized spacial score (nSPS) is 12.3. The van der Waals surface area contributed by atoms with E-state index >= 15 is 0 Å². The van der Waals surface area contributed by atoms with Crippen LogP contribution in [0.5, 0.6) is 0 Å². The van der Waals surface area contributed by atoms with E-state index in [0.717, 1.165) is 21.1 Å². The molecule has 1 N–H and O–H groups in total. The number of halogens is 1. The Labute approximate surface area is 170 Å². The lowest BCUT2D eigenvalue weighted by Gasteiger charge is -2.16. The second kappa shape index (κ2) is 7.24. The fourth-order valence-electron chi connectivity index (χ4n) is 3.35. The van der Waals surface area contributed by atoms with Gasteiger partial charge in [-0.2, -0.15) is 5.10 Å². The Balaban J connectivity index is 1.78. The van der Waals surface area contributed by atoms with Crippen molar-refractivity contribution in [2.24, 2.45) is 7.05 Å². The van der Waals surface area contributed by atoms with E-state index in [1.165, 1.54) is 0 Å². The SMILES string of the molecule is Cc1nn(C)c2nc(-c3ccco3)cc(C(=O)NC(C)c3ccccc3Br)c12. The van der Waals surface area contributed by atoms with Crippen LogP contribution in [0, 0.1) is 6.92 Å². The molecule has 0 spiro atoms. The number of pyridine rings is 1. The molecule has 3 heterocycles. The zero-order valence-corrected chi connectivity index (χ0v) is 17.3. The van der Waals surface area contributed by atoms with Crippen molar-refractivity contribution in [3.8, 4) is 11.5 Å². The Morgan fingerprint density at radius 2 is 2.04 bits per heavy atom. The summed E-state index contributed by atoms with van der Waals surface area (Å²) in [6.07, 6.45) is 1.59. The lowest BCUT2D eigenvalue weighted by atomic mass is 10.1. The van der Waals surface area contributed by atoms with Crippen LogP contribution in [0.4, 0.5) is 0 Å². The van der Waals surface area contributed by atoms with Crippen molar-refractivity contribution < 1.29 is 9.21 Å². The number of nitrogens with one attached hydrogen (secondary N) is 1. The third-order valence-corrected chi connectivity index (χ3v) is 5.43. The Bertz CT molecular complexity index is 1160. The first-order valence-electron chi connectivity index (χ1n) is 8.89. The van der Waals surface area contributed by atoms with Crippen LogP contribution in [0.25, 0.3) is 22.5 Å². The van der Waals surface area contributed by atoms with Crippen molar-refractivity contribution in [1.29, 1.82) is 0 Å². The molecule has 6 nitrogen and oxygen atoms in total. The minimum atomic E-state index is -0.181. The molecule has 0 saturated heterocycles. The minimum Gasteiger partial charge on any atom is -0.463 e. The van der Waals surface area contributed by atoms with Gasteiger partial charge in [-0.05, 0) is 43.7 Å². The summed E-state index contributed by atoms with van der Waals surface area (Å²) in [5.41, 5.74) is 3.54. The lowest BCUT2D eigenvalue weighted by molar-refractivity contribution is 0.0941. The fraction of sp³-hybridized carbons (Fsp3) is 0.190. The largest absolute Gasteiger partial charge is 0.463 e. The van der Waals surface area contributed by atoms with Gasteiger partial charge in [-0.1, -0.05) is 34.1 Å². The van der Waals surface area contributed by atoms with Crippen molar-refractivity contribution >= 4 is 32.9 Å². The van der Waals surface area contributed by atoms with Gasteiger partial charge >= 0.3 is 0 Å². The van der Waals surface area contributed by atoms with E-state index in [2.05, 4.69) is 31.3 Å². The lowest BCUT2D eigenvalue weighted by Crippen LogP contribution is -2.27. The van der Waals surface area contributed by atoms with Crippen molar-refractivity contribution in [3.05, 3.63) is 70.0 Å². The first kappa shape index (κ1) is 18.4. The summed E-state index contributed by atoms with van der Waals surface area (Å²) >= 11 is 3.55. The van der Waals surface area contributed by atoms with Crippen molar-refractivity contribution in [2.75, 3.05) is 0 Å². The molecule has 1 atom stereocenters. The van der Waals surface area contributed by atoms with Crippen LogP contribution < -0.4 is 5.32 Å². The third-order valence-electron chi connectivity index (χ3n) is 4.71. The van der Waals surface area contributed by atoms with Gasteiger partial charge in [-0.25, -0.2) is 4.98 Å². The number of aromatic nitrogens is 3. The summed E-state index contributed by atoms with van der Waals surface area (Å²) in [5.74, 6) is 0.424. The molecule has 28 heavy (non-hydrogen) atoms. The van der Waals surface area contributed by atoms with Gasteiger partial charge in [0.15, 0.2) is 11.4 Å². The number of fused-ring (bicyclic) bond motifs is 1. The number of carbonyl (C=O) groups excluding carboxylic acids is 1. The number of amides is 1. The summed E-state index contributed by atoms with van der Waals surface area (Å²) in [5, 5.41) is 8.28. The van der Waals surface area contributed by atoms with Crippen LogP contribution in [0.2, 0.25) is 0 Å².